The van der Waals surface area contributed by atoms with E-state index in [0.717, 1.165) is 5.56 Å². The largest absolute Gasteiger partial charge is 0.507 e. The number of Topliss-reactive ketones (excluding diaryl/α,β-unsaturated/α-hetero) is 1. The highest BCUT2D eigenvalue weighted by Crippen LogP contribution is 2.40. The summed E-state index contributed by atoms with van der Waals surface area (Å²) in [4.78, 5) is 27.5. The number of hydrogen-bond donors (Lipinski definition) is 1. The van der Waals surface area contributed by atoms with Crippen LogP contribution < -0.4 is 4.74 Å². The summed E-state index contributed by atoms with van der Waals surface area (Å²) in [5, 5.41) is 11.1. The number of ether oxygens (including phenoxy) is 1. The van der Waals surface area contributed by atoms with Gasteiger partial charge in [-0.3, -0.25) is 9.59 Å². The Morgan fingerprint density at radius 1 is 1.06 bits per heavy atom. The van der Waals surface area contributed by atoms with Crippen molar-refractivity contribution in [2.75, 3.05) is 13.2 Å². The van der Waals surface area contributed by atoms with Gasteiger partial charge in [-0.15, -0.1) is 0 Å². The number of benzene rings is 2. The molecule has 2 heterocycles. The molecule has 1 aliphatic heterocycles. The molecule has 2 aromatic carbocycles. The van der Waals surface area contributed by atoms with E-state index in [-0.39, 0.29) is 11.3 Å². The van der Waals surface area contributed by atoms with Crippen molar-refractivity contribution in [3.05, 3.63) is 95.0 Å². The van der Waals surface area contributed by atoms with Crippen LogP contribution >= 0.6 is 0 Å². The number of furan rings is 1. The summed E-state index contributed by atoms with van der Waals surface area (Å²) in [5.74, 6) is 0.0506. The summed E-state index contributed by atoms with van der Waals surface area (Å²) in [6.45, 7) is 4.45. The molecular weight excluding hydrogens is 406 g/mol. The topological polar surface area (TPSA) is 80.0 Å². The fourth-order valence-electron chi connectivity index (χ4n) is 3.96. The van der Waals surface area contributed by atoms with E-state index in [1.54, 1.807) is 43.3 Å². The van der Waals surface area contributed by atoms with Crippen molar-refractivity contribution in [3.63, 3.8) is 0 Å². The Morgan fingerprint density at radius 3 is 2.53 bits per heavy atom. The second-order valence-electron chi connectivity index (χ2n) is 7.64. The first-order valence-electron chi connectivity index (χ1n) is 10.6. The van der Waals surface area contributed by atoms with E-state index in [9.17, 15) is 14.7 Å². The van der Waals surface area contributed by atoms with Crippen LogP contribution in [0.15, 0.2) is 76.7 Å². The van der Waals surface area contributed by atoms with Gasteiger partial charge < -0.3 is 19.2 Å². The number of rotatable bonds is 7. The Labute approximate surface area is 186 Å². The van der Waals surface area contributed by atoms with Crippen molar-refractivity contribution >= 4 is 17.4 Å². The average Bonchev–Trinajstić information content (AvgIpc) is 3.34. The van der Waals surface area contributed by atoms with Gasteiger partial charge in [0.2, 0.25) is 0 Å². The van der Waals surface area contributed by atoms with Crippen LogP contribution in [0.4, 0.5) is 0 Å². The third kappa shape index (κ3) is 4.17. The molecule has 0 spiro atoms. The van der Waals surface area contributed by atoms with Crippen molar-refractivity contribution in [1.29, 1.82) is 0 Å². The molecule has 0 radical (unpaired) electrons. The molecule has 164 valence electrons. The highest BCUT2D eigenvalue weighted by Gasteiger charge is 2.47. The molecule has 1 saturated heterocycles. The van der Waals surface area contributed by atoms with E-state index >= 15 is 0 Å². The van der Waals surface area contributed by atoms with Crippen LogP contribution in [0.2, 0.25) is 0 Å². The van der Waals surface area contributed by atoms with Crippen LogP contribution in [0.5, 0.6) is 5.75 Å². The summed E-state index contributed by atoms with van der Waals surface area (Å²) in [7, 11) is 0. The van der Waals surface area contributed by atoms with Gasteiger partial charge in [-0.1, -0.05) is 42.5 Å². The summed E-state index contributed by atoms with van der Waals surface area (Å²) in [6, 6.07) is 19.3. The molecule has 0 saturated carbocycles. The van der Waals surface area contributed by atoms with E-state index in [4.69, 9.17) is 9.15 Å². The Morgan fingerprint density at radius 2 is 1.84 bits per heavy atom. The number of aliphatic hydroxyl groups is 1. The molecule has 1 aromatic heterocycles. The first kappa shape index (κ1) is 21.4. The molecule has 0 bridgehead atoms. The lowest BCUT2D eigenvalue weighted by molar-refractivity contribution is -0.140. The standard InChI is InChI=1S/C26H25NO5/c1-3-31-20-11-7-10-19(16-20)24(28)22-23(21-13-12-17(2)32-21)27(26(30)25(22)29)15-14-18-8-5-4-6-9-18/h4-13,16,23,28H,3,14-15H2,1-2H3/b24-22+. The van der Waals surface area contributed by atoms with Gasteiger partial charge in [0.25, 0.3) is 11.7 Å². The maximum atomic E-state index is 13.1. The Kier molecular flexibility index (Phi) is 6.12. The minimum atomic E-state index is -0.803. The fourth-order valence-corrected chi connectivity index (χ4v) is 3.96. The average molecular weight is 431 g/mol. The van der Waals surface area contributed by atoms with E-state index in [1.807, 2.05) is 37.3 Å². The Bertz CT molecular complexity index is 1160. The highest BCUT2D eigenvalue weighted by molar-refractivity contribution is 6.46. The smallest absolute Gasteiger partial charge is 0.295 e. The molecule has 32 heavy (non-hydrogen) atoms. The number of hydrogen-bond acceptors (Lipinski definition) is 5. The SMILES string of the molecule is CCOc1cccc(/C(O)=C2\C(=O)C(=O)N(CCc3ccccc3)C2c2ccc(C)o2)c1. The zero-order chi connectivity index (χ0) is 22.7. The quantitative estimate of drug-likeness (QED) is 0.335. The summed E-state index contributed by atoms with van der Waals surface area (Å²) in [5.41, 5.74) is 1.48. The van der Waals surface area contributed by atoms with Gasteiger partial charge in [-0.05, 0) is 50.1 Å². The lowest BCUT2D eigenvalue weighted by Crippen LogP contribution is -2.31. The van der Waals surface area contributed by atoms with Crippen molar-refractivity contribution in [2.45, 2.75) is 26.3 Å². The number of nitrogens with zero attached hydrogens (tertiary/aromatic N) is 1. The molecule has 6 heteroatoms. The van der Waals surface area contributed by atoms with Crippen molar-refractivity contribution < 1.29 is 23.8 Å². The van der Waals surface area contributed by atoms with Crippen molar-refractivity contribution in [3.8, 4) is 5.75 Å². The van der Waals surface area contributed by atoms with E-state index in [0.29, 0.717) is 42.4 Å². The predicted octanol–water partition coefficient (Wildman–Crippen LogP) is 4.65. The fraction of sp³-hybridized carbons (Fsp3) is 0.231. The summed E-state index contributed by atoms with van der Waals surface area (Å²) < 4.78 is 11.3. The zero-order valence-electron chi connectivity index (χ0n) is 18.1. The molecule has 6 nitrogen and oxygen atoms in total. The lowest BCUT2D eigenvalue weighted by atomic mass is 9.99. The maximum Gasteiger partial charge on any atom is 0.295 e. The molecule has 1 aliphatic rings. The Balaban J connectivity index is 1.76. The molecule has 1 atom stereocenters. The minimum Gasteiger partial charge on any atom is -0.507 e. The van der Waals surface area contributed by atoms with Crippen LogP contribution in [0, 0.1) is 6.92 Å². The first-order chi connectivity index (χ1) is 15.5. The highest BCUT2D eigenvalue weighted by atomic mass is 16.5. The number of carbonyl (C=O) groups excluding carboxylic acids is 2. The Hall–Kier alpha value is -3.80. The molecule has 1 unspecified atom stereocenters. The molecule has 4 rings (SSSR count). The number of aliphatic hydroxyl groups excluding tert-OH is 1. The van der Waals surface area contributed by atoms with Gasteiger partial charge in [0.15, 0.2) is 0 Å². The monoisotopic (exact) mass is 431 g/mol. The van der Waals surface area contributed by atoms with Crippen LogP contribution in [0.1, 0.15) is 35.6 Å². The normalized spacial score (nSPS) is 17.7. The van der Waals surface area contributed by atoms with Gasteiger partial charge in [0.1, 0.15) is 29.1 Å². The number of amides is 1. The van der Waals surface area contributed by atoms with E-state index in [2.05, 4.69) is 0 Å². The van der Waals surface area contributed by atoms with Gasteiger partial charge in [0.05, 0.1) is 12.2 Å². The number of aryl methyl sites for hydroxylation is 1. The second kappa shape index (κ2) is 9.14. The van der Waals surface area contributed by atoms with Crippen LogP contribution in [-0.4, -0.2) is 34.8 Å². The number of ketones is 1. The van der Waals surface area contributed by atoms with E-state index < -0.39 is 17.7 Å². The molecule has 1 fully saturated rings. The van der Waals surface area contributed by atoms with Gasteiger partial charge >= 0.3 is 0 Å². The van der Waals surface area contributed by atoms with Gasteiger partial charge in [-0.2, -0.15) is 0 Å². The number of carbonyl (C=O) groups is 2. The minimum absolute atomic E-state index is 0.0195. The van der Waals surface area contributed by atoms with Crippen molar-refractivity contribution in [2.24, 2.45) is 0 Å². The van der Waals surface area contributed by atoms with Gasteiger partial charge in [0, 0.05) is 12.1 Å². The van der Waals surface area contributed by atoms with E-state index in [1.165, 1.54) is 4.90 Å². The predicted molar refractivity (Wildman–Crippen MR) is 120 cm³/mol. The summed E-state index contributed by atoms with van der Waals surface area (Å²) in [6.07, 6.45) is 0.573. The third-order valence-electron chi connectivity index (χ3n) is 5.47. The van der Waals surface area contributed by atoms with Crippen molar-refractivity contribution in [1.82, 2.24) is 4.90 Å². The van der Waals surface area contributed by atoms with Gasteiger partial charge in [-0.25, -0.2) is 0 Å². The van der Waals surface area contributed by atoms with Crippen LogP contribution in [-0.2, 0) is 16.0 Å². The lowest BCUT2D eigenvalue weighted by Gasteiger charge is -2.23. The molecular formula is C26H25NO5. The molecule has 1 amide bonds. The van der Waals surface area contributed by atoms with Crippen LogP contribution in [0.25, 0.3) is 5.76 Å². The summed E-state index contributed by atoms with van der Waals surface area (Å²) >= 11 is 0. The second-order valence-corrected chi connectivity index (χ2v) is 7.64. The molecule has 1 N–H and O–H groups in total. The van der Waals surface area contributed by atoms with Crippen LogP contribution in [0.3, 0.4) is 0 Å². The number of likely N-dealkylation sites (tertiary alicyclic amines) is 1. The molecule has 0 aliphatic carbocycles. The molecule has 3 aromatic rings. The zero-order valence-corrected chi connectivity index (χ0v) is 18.1. The third-order valence-corrected chi connectivity index (χ3v) is 5.47. The maximum absolute atomic E-state index is 13.1. The first-order valence-corrected chi connectivity index (χ1v) is 10.6.